The number of oxazole rings is 1. The van der Waals surface area contributed by atoms with Gasteiger partial charge in [0.1, 0.15) is 16.8 Å². The minimum atomic E-state index is -1.11. The molecule has 0 aliphatic heterocycles. The molecular formula is C17H10N2O5. The van der Waals surface area contributed by atoms with E-state index in [1.54, 1.807) is 24.3 Å². The van der Waals surface area contributed by atoms with Crippen LogP contribution >= 0.6 is 0 Å². The Bertz CT molecular complexity index is 1170. The lowest BCUT2D eigenvalue weighted by atomic mass is 10.1. The maximum atomic E-state index is 11.3. The van der Waals surface area contributed by atoms with Gasteiger partial charge in [-0.05, 0) is 30.3 Å². The van der Waals surface area contributed by atoms with Gasteiger partial charge in [0.05, 0.1) is 11.1 Å². The third kappa shape index (κ3) is 2.11. The molecule has 0 spiro atoms. The summed E-state index contributed by atoms with van der Waals surface area (Å²) in [4.78, 5) is 15.5. The van der Waals surface area contributed by atoms with Crippen LogP contribution in [0.15, 0.2) is 51.3 Å². The first-order chi connectivity index (χ1) is 11.5. The number of aromatic hydroxyl groups is 1. The molecule has 0 amide bonds. The molecule has 0 radical (unpaired) electrons. The molecule has 7 nitrogen and oxygen atoms in total. The summed E-state index contributed by atoms with van der Waals surface area (Å²) in [5.74, 6) is -0.973. The molecule has 0 unspecified atom stereocenters. The molecule has 0 saturated heterocycles. The van der Waals surface area contributed by atoms with Crippen molar-refractivity contribution < 1.29 is 23.8 Å². The van der Waals surface area contributed by atoms with Crippen molar-refractivity contribution in [3.8, 4) is 17.2 Å². The first kappa shape index (κ1) is 14.0. The summed E-state index contributed by atoms with van der Waals surface area (Å²) >= 11 is 0. The molecule has 4 rings (SSSR count). The van der Waals surface area contributed by atoms with Gasteiger partial charge in [0.15, 0.2) is 5.58 Å². The van der Waals surface area contributed by atoms with Crippen LogP contribution in [0.25, 0.3) is 33.5 Å². The molecule has 0 aliphatic rings. The Morgan fingerprint density at radius 2 is 1.92 bits per heavy atom. The quantitative estimate of drug-likeness (QED) is 0.521. The number of para-hydroxylation sites is 1. The van der Waals surface area contributed by atoms with Gasteiger partial charge in [-0.25, -0.2) is 9.78 Å². The zero-order valence-electron chi connectivity index (χ0n) is 12.1. The lowest BCUT2D eigenvalue weighted by Gasteiger charge is -2.01. The minimum Gasteiger partial charge on any atom is -0.508 e. The molecule has 2 aromatic heterocycles. The van der Waals surface area contributed by atoms with Crippen molar-refractivity contribution in [2.75, 3.05) is 0 Å². The zero-order chi connectivity index (χ0) is 16.8. The Morgan fingerprint density at radius 1 is 1.08 bits per heavy atom. The van der Waals surface area contributed by atoms with Gasteiger partial charge in [0, 0.05) is 11.5 Å². The molecule has 0 saturated carbocycles. The Morgan fingerprint density at radius 3 is 2.71 bits per heavy atom. The van der Waals surface area contributed by atoms with E-state index in [0.29, 0.717) is 22.1 Å². The number of benzene rings is 2. The fourth-order valence-electron chi connectivity index (χ4n) is 2.51. The molecule has 0 aliphatic carbocycles. The van der Waals surface area contributed by atoms with Crippen LogP contribution in [0.3, 0.4) is 0 Å². The first-order valence-corrected chi connectivity index (χ1v) is 6.97. The third-order valence-electron chi connectivity index (χ3n) is 3.63. The topological polar surface area (TPSA) is 121 Å². The predicted octanol–water partition coefficient (Wildman–Crippen LogP) is 3.12. The number of phenolic OH excluding ortho intramolecular Hbond substituents is 1. The molecule has 0 bridgehead atoms. The number of rotatable bonds is 2. The second-order valence-electron chi connectivity index (χ2n) is 5.19. The largest absolute Gasteiger partial charge is 0.508 e. The maximum Gasteiger partial charge on any atom is 0.338 e. The summed E-state index contributed by atoms with van der Waals surface area (Å²) < 4.78 is 11.0. The maximum absolute atomic E-state index is 11.3. The Balaban J connectivity index is 1.97. The molecule has 0 fully saturated rings. The summed E-state index contributed by atoms with van der Waals surface area (Å²) in [5.41, 5.74) is 1.00. The van der Waals surface area contributed by atoms with Crippen LogP contribution in [-0.2, 0) is 0 Å². The summed E-state index contributed by atoms with van der Waals surface area (Å²) in [6.07, 6.45) is 0. The van der Waals surface area contributed by atoms with E-state index >= 15 is 0 Å². The lowest BCUT2D eigenvalue weighted by Crippen LogP contribution is -2.03. The van der Waals surface area contributed by atoms with Crippen molar-refractivity contribution in [2.45, 2.75) is 0 Å². The summed E-state index contributed by atoms with van der Waals surface area (Å²) in [7, 11) is 0. The molecule has 118 valence electrons. The van der Waals surface area contributed by atoms with Gasteiger partial charge < -0.3 is 19.0 Å². The number of aromatic carboxylic acids is 1. The summed E-state index contributed by atoms with van der Waals surface area (Å²) in [6.45, 7) is 0. The highest BCUT2D eigenvalue weighted by atomic mass is 16.4. The van der Waals surface area contributed by atoms with Crippen molar-refractivity contribution in [1.29, 1.82) is 5.41 Å². The molecule has 4 aromatic rings. The van der Waals surface area contributed by atoms with E-state index in [0.717, 1.165) is 0 Å². The minimum absolute atomic E-state index is 0.0247. The highest BCUT2D eigenvalue weighted by molar-refractivity contribution is 6.00. The van der Waals surface area contributed by atoms with Crippen molar-refractivity contribution in [3.05, 3.63) is 53.6 Å². The number of nitrogens with zero attached hydrogens (tertiary/aromatic N) is 1. The number of carboxylic acid groups (broad SMARTS) is 1. The van der Waals surface area contributed by atoms with Crippen LogP contribution in [0.2, 0.25) is 0 Å². The molecule has 3 N–H and O–H groups in total. The number of carbonyl (C=O) groups is 1. The number of nitrogens with one attached hydrogen (secondary N) is 1. The summed E-state index contributed by atoms with van der Waals surface area (Å²) in [6, 6.07) is 10.8. The zero-order valence-corrected chi connectivity index (χ0v) is 12.1. The van der Waals surface area contributed by atoms with Crippen LogP contribution in [-0.4, -0.2) is 21.2 Å². The number of hydrogen-bond acceptors (Lipinski definition) is 6. The number of phenols is 1. The first-order valence-electron chi connectivity index (χ1n) is 6.97. The normalized spacial score (nSPS) is 11.2. The van der Waals surface area contributed by atoms with Crippen LogP contribution in [0, 0.1) is 5.41 Å². The predicted molar refractivity (Wildman–Crippen MR) is 83.7 cm³/mol. The van der Waals surface area contributed by atoms with E-state index in [4.69, 9.17) is 14.2 Å². The van der Waals surface area contributed by atoms with Crippen molar-refractivity contribution in [1.82, 2.24) is 4.98 Å². The summed E-state index contributed by atoms with van der Waals surface area (Å²) in [5, 5.41) is 27.4. The van der Waals surface area contributed by atoms with Gasteiger partial charge in [-0.3, -0.25) is 5.41 Å². The molecular weight excluding hydrogens is 312 g/mol. The van der Waals surface area contributed by atoms with E-state index in [1.165, 1.54) is 18.2 Å². The van der Waals surface area contributed by atoms with Crippen LogP contribution in [0.4, 0.5) is 0 Å². The Kier molecular flexibility index (Phi) is 2.89. The standard InChI is InChI=1S/C17H10N2O5/c18-15-11(6-8-4-5-9(20)7-13(8)23-15)16-19-14-10(17(21)22)2-1-3-12(14)24-16/h1-7,18,20H,(H,21,22). The SMILES string of the molecule is N=c1oc2cc(O)ccc2cc1-c1nc2c(C(=O)O)cccc2o1. The average Bonchev–Trinajstić information content (AvgIpc) is 2.97. The molecule has 24 heavy (non-hydrogen) atoms. The Hall–Kier alpha value is -3.61. The van der Waals surface area contributed by atoms with Gasteiger partial charge in [0.2, 0.25) is 11.4 Å². The van der Waals surface area contributed by atoms with Crippen molar-refractivity contribution in [3.63, 3.8) is 0 Å². The molecule has 2 aromatic carbocycles. The fraction of sp³-hybridized carbons (Fsp3) is 0. The second kappa shape index (κ2) is 4.95. The fourth-order valence-corrected chi connectivity index (χ4v) is 2.51. The van der Waals surface area contributed by atoms with Crippen molar-refractivity contribution in [2.24, 2.45) is 0 Å². The number of hydrogen-bond donors (Lipinski definition) is 3. The monoisotopic (exact) mass is 322 g/mol. The number of fused-ring (bicyclic) bond motifs is 2. The van der Waals surface area contributed by atoms with Gasteiger partial charge in [-0.2, -0.15) is 0 Å². The smallest absolute Gasteiger partial charge is 0.338 e. The average molecular weight is 322 g/mol. The van der Waals surface area contributed by atoms with E-state index in [1.807, 2.05) is 0 Å². The molecule has 7 heteroatoms. The second-order valence-corrected chi connectivity index (χ2v) is 5.19. The van der Waals surface area contributed by atoms with E-state index in [2.05, 4.69) is 4.98 Å². The van der Waals surface area contributed by atoms with Gasteiger partial charge in [-0.1, -0.05) is 6.07 Å². The van der Waals surface area contributed by atoms with Gasteiger partial charge in [-0.15, -0.1) is 0 Å². The van der Waals surface area contributed by atoms with Crippen LogP contribution < -0.4 is 5.55 Å². The highest BCUT2D eigenvalue weighted by Crippen LogP contribution is 2.27. The highest BCUT2D eigenvalue weighted by Gasteiger charge is 2.17. The Labute approximate surface area is 133 Å². The third-order valence-corrected chi connectivity index (χ3v) is 3.63. The van der Waals surface area contributed by atoms with Crippen LogP contribution in [0.1, 0.15) is 10.4 Å². The van der Waals surface area contributed by atoms with Crippen LogP contribution in [0.5, 0.6) is 5.75 Å². The van der Waals surface area contributed by atoms with Crippen molar-refractivity contribution >= 4 is 28.0 Å². The van der Waals surface area contributed by atoms with Gasteiger partial charge >= 0.3 is 5.97 Å². The van der Waals surface area contributed by atoms with E-state index in [-0.39, 0.29) is 28.3 Å². The molecule has 0 atom stereocenters. The van der Waals surface area contributed by atoms with E-state index < -0.39 is 5.97 Å². The number of aromatic nitrogens is 1. The lowest BCUT2D eigenvalue weighted by molar-refractivity contribution is 0.0699. The van der Waals surface area contributed by atoms with E-state index in [9.17, 15) is 15.0 Å². The number of carboxylic acids is 1. The van der Waals surface area contributed by atoms with Gasteiger partial charge in [0.25, 0.3) is 0 Å². The molecule has 2 heterocycles.